The zero-order valence-electron chi connectivity index (χ0n) is 17.8. The van der Waals surface area contributed by atoms with Crippen LogP contribution in [0, 0.1) is 0 Å². The summed E-state index contributed by atoms with van der Waals surface area (Å²) in [5, 5.41) is 14.1. The molecule has 2 N–H and O–H groups in total. The first kappa shape index (κ1) is 23.1. The third kappa shape index (κ3) is 4.55. The third-order valence-corrected chi connectivity index (χ3v) is 5.37. The van der Waals surface area contributed by atoms with Crippen LogP contribution in [-0.2, 0) is 14.4 Å². The Kier molecular flexibility index (Phi) is 7.05. The smallest absolute Gasteiger partial charge is 0.295 e. The van der Waals surface area contributed by atoms with Crippen LogP contribution in [0.15, 0.2) is 48.0 Å². The van der Waals surface area contributed by atoms with E-state index in [1.54, 1.807) is 42.5 Å². The largest absolute Gasteiger partial charge is 0.507 e. The van der Waals surface area contributed by atoms with E-state index in [1.165, 1.54) is 26.0 Å². The molecular weight excluding hydrogens is 436 g/mol. The minimum absolute atomic E-state index is 0.0569. The van der Waals surface area contributed by atoms with Crippen molar-refractivity contribution in [1.29, 1.82) is 0 Å². The monoisotopic (exact) mass is 458 g/mol. The number of rotatable bonds is 7. The van der Waals surface area contributed by atoms with E-state index < -0.39 is 17.7 Å². The molecule has 0 aliphatic carbocycles. The molecular formula is C23H23ClN2O6. The molecule has 0 radical (unpaired) electrons. The van der Waals surface area contributed by atoms with Gasteiger partial charge in [0.1, 0.15) is 17.3 Å². The summed E-state index contributed by atoms with van der Waals surface area (Å²) in [7, 11) is 2.97. The van der Waals surface area contributed by atoms with E-state index in [4.69, 9.17) is 21.1 Å². The van der Waals surface area contributed by atoms with Gasteiger partial charge in [-0.25, -0.2) is 0 Å². The molecule has 1 saturated heterocycles. The molecule has 0 bridgehead atoms. The number of hydrogen-bond donors (Lipinski definition) is 2. The highest BCUT2D eigenvalue weighted by molar-refractivity contribution is 6.46. The van der Waals surface area contributed by atoms with E-state index in [0.717, 1.165) is 0 Å². The van der Waals surface area contributed by atoms with Gasteiger partial charge in [-0.05, 0) is 36.4 Å². The molecule has 0 spiro atoms. The average Bonchev–Trinajstić information content (AvgIpc) is 3.03. The highest BCUT2D eigenvalue weighted by Gasteiger charge is 2.46. The van der Waals surface area contributed by atoms with E-state index >= 15 is 0 Å². The lowest BCUT2D eigenvalue weighted by Gasteiger charge is -2.26. The van der Waals surface area contributed by atoms with Gasteiger partial charge in [-0.2, -0.15) is 0 Å². The number of aliphatic hydroxyl groups is 1. The molecule has 0 aromatic heterocycles. The Morgan fingerprint density at radius 2 is 1.81 bits per heavy atom. The van der Waals surface area contributed by atoms with Gasteiger partial charge < -0.3 is 24.8 Å². The Morgan fingerprint density at radius 1 is 1.12 bits per heavy atom. The lowest BCUT2D eigenvalue weighted by molar-refractivity contribution is -0.140. The number of hydrogen-bond acceptors (Lipinski definition) is 6. The first-order valence-corrected chi connectivity index (χ1v) is 10.2. The van der Waals surface area contributed by atoms with E-state index in [1.807, 2.05) is 0 Å². The molecule has 1 fully saturated rings. The number of Topliss-reactive ketones (excluding diaryl/α,β-unsaturated/α-hetero) is 1. The second kappa shape index (κ2) is 9.74. The van der Waals surface area contributed by atoms with Crippen LogP contribution < -0.4 is 14.8 Å². The maximum Gasteiger partial charge on any atom is 0.295 e. The van der Waals surface area contributed by atoms with Crippen molar-refractivity contribution in [2.45, 2.75) is 13.0 Å². The number of ether oxygens (including phenoxy) is 2. The first-order valence-electron chi connectivity index (χ1n) is 9.79. The lowest BCUT2D eigenvalue weighted by atomic mass is 9.94. The highest BCUT2D eigenvalue weighted by Crippen LogP contribution is 2.43. The van der Waals surface area contributed by atoms with Gasteiger partial charge in [0.2, 0.25) is 5.91 Å². The zero-order chi connectivity index (χ0) is 23.4. The molecule has 2 aromatic carbocycles. The van der Waals surface area contributed by atoms with Crippen molar-refractivity contribution in [2.24, 2.45) is 0 Å². The van der Waals surface area contributed by atoms with Crippen molar-refractivity contribution in [1.82, 2.24) is 10.2 Å². The molecule has 168 valence electrons. The van der Waals surface area contributed by atoms with Crippen LogP contribution in [0.2, 0.25) is 5.02 Å². The normalized spacial score (nSPS) is 17.4. The van der Waals surface area contributed by atoms with Crippen molar-refractivity contribution in [2.75, 3.05) is 27.3 Å². The standard InChI is InChI=1S/C23H23ClN2O6/c1-13(27)25-10-11-26-20(17-9-8-16(31-2)12-18(17)32-3)19(22(29)23(26)30)21(28)14-4-6-15(24)7-5-14/h4-9,12,20,28H,10-11H2,1-3H3,(H,25,27)/b21-19+/t20-/m1/s1. The van der Waals surface area contributed by atoms with Gasteiger partial charge in [-0.1, -0.05) is 11.6 Å². The summed E-state index contributed by atoms with van der Waals surface area (Å²) in [4.78, 5) is 38.5. The number of halogens is 1. The van der Waals surface area contributed by atoms with E-state index in [9.17, 15) is 19.5 Å². The van der Waals surface area contributed by atoms with Crippen LogP contribution >= 0.6 is 11.6 Å². The minimum Gasteiger partial charge on any atom is -0.507 e. The second-order valence-corrected chi connectivity index (χ2v) is 7.53. The van der Waals surface area contributed by atoms with Gasteiger partial charge in [0.05, 0.1) is 25.8 Å². The summed E-state index contributed by atoms with van der Waals surface area (Å²) in [6, 6.07) is 10.3. The molecule has 0 unspecified atom stereocenters. The summed E-state index contributed by atoms with van der Waals surface area (Å²) in [5.41, 5.74) is 0.751. The Labute approximate surface area is 190 Å². The number of benzene rings is 2. The molecule has 1 aliphatic heterocycles. The van der Waals surface area contributed by atoms with Crippen molar-refractivity contribution in [3.8, 4) is 11.5 Å². The van der Waals surface area contributed by atoms with Crippen LogP contribution in [0.4, 0.5) is 0 Å². The van der Waals surface area contributed by atoms with E-state index in [-0.39, 0.29) is 30.3 Å². The number of amides is 2. The third-order valence-electron chi connectivity index (χ3n) is 5.12. The number of likely N-dealkylation sites (tertiary alicyclic amines) is 1. The predicted octanol–water partition coefficient (Wildman–Crippen LogP) is 2.92. The Balaban J connectivity index is 2.17. The van der Waals surface area contributed by atoms with Gasteiger partial charge in [-0.3, -0.25) is 14.4 Å². The summed E-state index contributed by atoms with van der Waals surface area (Å²) in [5.74, 6) is -1.30. The van der Waals surface area contributed by atoms with Gasteiger partial charge in [0.25, 0.3) is 11.7 Å². The number of carbonyl (C=O) groups excluding carboxylic acids is 3. The maximum absolute atomic E-state index is 13.0. The van der Waals surface area contributed by atoms with Gasteiger partial charge >= 0.3 is 0 Å². The topological polar surface area (TPSA) is 105 Å². The Bertz CT molecular complexity index is 1080. The number of aliphatic hydroxyl groups excluding tert-OH is 1. The Hall–Kier alpha value is -3.52. The molecule has 2 amide bonds. The van der Waals surface area contributed by atoms with Gasteiger partial charge in [-0.15, -0.1) is 0 Å². The van der Waals surface area contributed by atoms with Crippen molar-refractivity contribution in [3.63, 3.8) is 0 Å². The molecule has 2 aromatic rings. The van der Waals surface area contributed by atoms with Gasteiger partial charge in [0.15, 0.2) is 0 Å². The fraction of sp³-hybridized carbons (Fsp3) is 0.261. The summed E-state index contributed by atoms with van der Waals surface area (Å²) in [6.45, 7) is 1.55. The zero-order valence-corrected chi connectivity index (χ0v) is 18.6. The van der Waals surface area contributed by atoms with E-state index in [0.29, 0.717) is 27.6 Å². The van der Waals surface area contributed by atoms with Crippen molar-refractivity contribution >= 4 is 35.0 Å². The molecule has 8 nitrogen and oxygen atoms in total. The predicted molar refractivity (Wildman–Crippen MR) is 119 cm³/mol. The molecule has 1 aliphatic rings. The number of carbonyl (C=O) groups is 3. The fourth-order valence-electron chi connectivity index (χ4n) is 3.59. The van der Waals surface area contributed by atoms with Crippen LogP contribution in [0.5, 0.6) is 11.5 Å². The summed E-state index contributed by atoms with van der Waals surface area (Å²) in [6.07, 6.45) is 0. The molecule has 0 saturated carbocycles. The first-order chi connectivity index (χ1) is 15.3. The molecule has 1 heterocycles. The van der Waals surface area contributed by atoms with Crippen LogP contribution in [-0.4, -0.2) is 54.9 Å². The quantitative estimate of drug-likeness (QED) is 0.375. The van der Waals surface area contributed by atoms with Crippen molar-refractivity contribution in [3.05, 3.63) is 64.2 Å². The molecule has 9 heteroatoms. The number of methoxy groups -OCH3 is 2. The number of nitrogens with zero attached hydrogens (tertiary/aromatic N) is 1. The highest BCUT2D eigenvalue weighted by atomic mass is 35.5. The SMILES string of the molecule is COc1ccc([C@@H]2/C(=C(\O)c3ccc(Cl)cc3)C(=O)C(=O)N2CCNC(C)=O)c(OC)c1. The molecule has 32 heavy (non-hydrogen) atoms. The lowest BCUT2D eigenvalue weighted by Crippen LogP contribution is -2.37. The summed E-state index contributed by atoms with van der Waals surface area (Å²) < 4.78 is 10.7. The number of ketones is 1. The average molecular weight is 459 g/mol. The van der Waals surface area contributed by atoms with Crippen molar-refractivity contribution < 1.29 is 29.0 Å². The fourth-order valence-corrected chi connectivity index (χ4v) is 3.72. The number of nitrogens with one attached hydrogen (secondary N) is 1. The van der Waals surface area contributed by atoms with Crippen LogP contribution in [0.1, 0.15) is 24.1 Å². The van der Waals surface area contributed by atoms with Crippen LogP contribution in [0.25, 0.3) is 5.76 Å². The second-order valence-electron chi connectivity index (χ2n) is 7.09. The Morgan fingerprint density at radius 3 is 2.41 bits per heavy atom. The van der Waals surface area contributed by atoms with Gasteiger partial charge in [0, 0.05) is 42.2 Å². The molecule has 1 atom stereocenters. The maximum atomic E-state index is 13.0. The minimum atomic E-state index is -0.930. The summed E-state index contributed by atoms with van der Waals surface area (Å²) >= 11 is 5.94. The van der Waals surface area contributed by atoms with Crippen LogP contribution in [0.3, 0.4) is 0 Å². The molecule has 3 rings (SSSR count). The van der Waals surface area contributed by atoms with E-state index in [2.05, 4.69) is 5.32 Å².